The highest BCUT2D eigenvalue weighted by atomic mass is 35.5. The van der Waals surface area contributed by atoms with Crippen molar-refractivity contribution in [3.63, 3.8) is 0 Å². The van der Waals surface area contributed by atoms with Gasteiger partial charge in [0.1, 0.15) is 11.3 Å². The molecule has 1 aromatic heterocycles. The summed E-state index contributed by atoms with van der Waals surface area (Å²) >= 11 is 6.52. The topological polar surface area (TPSA) is 102 Å². The molecule has 0 amide bonds. The van der Waals surface area contributed by atoms with E-state index < -0.39 is 11.9 Å². The minimum absolute atomic E-state index is 0.0329. The highest BCUT2D eigenvalue weighted by Crippen LogP contribution is 2.43. The summed E-state index contributed by atoms with van der Waals surface area (Å²) < 4.78 is 23.1. The third-order valence-electron chi connectivity index (χ3n) is 6.26. The Labute approximate surface area is 213 Å². The summed E-state index contributed by atoms with van der Waals surface area (Å²) in [5, 5.41) is 0.390. The van der Waals surface area contributed by atoms with Crippen LogP contribution >= 0.6 is 11.6 Å². The molecule has 4 rings (SSSR count). The lowest BCUT2D eigenvalue weighted by Gasteiger charge is -2.29. The first-order valence-electron chi connectivity index (χ1n) is 11.3. The molecule has 1 aliphatic rings. The lowest BCUT2D eigenvalue weighted by atomic mass is 9.83. The average Bonchev–Trinajstić information content (AvgIpc) is 2.87. The lowest BCUT2D eigenvalue weighted by molar-refractivity contribution is -0.136. The number of esters is 1. The van der Waals surface area contributed by atoms with Gasteiger partial charge in [-0.25, -0.2) is 4.79 Å². The van der Waals surface area contributed by atoms with Crippen LogP contribution in [0.3, 0.4) is 0 Å². The molecule has 2 aromatic carbocycles. The number of hydrogen-bond donors (Lipinski definition) is 1. The first-order valence-corrected chi connectivity index (χ1v) is 11.6. The molecule has 0 saturated carbocycles. The van der Waals surface area contributed by atoms with Crippen molar-refractivity contribution in [3.05, 3.63) is 97.7 Å². The molecular formula is C27H27ClN2O6. The van der Waals surface area contributed by atoms with Crippen molar-refractivity contribution in [2.45, 2.75) is 25.8 Å². The van der Waals surface area contributed by atoms with Gasteiger partial charge in [0.15, 0.2) is 11.5 Å². The predicted octanol–water partition coefficient (Wildman–Crippen LogP) is 3.94. The zero-order chi connectivity index (χ0) is 26.0. The molecule has 0 bridgehead atoms. The van der Waals surface area contributed by atoms with Crippen molar-refractivity contribution < 1.29 is 23.7 Å². The van der Waals surface area contributed by atoms with Gasteiger partial charge in [-0.2, -0.15) is 0 Å². The molecule has 36 heavy (non-hydrogen) atoms. The summed E-state index contributed by atoms with van der Waals surface area (Å²) in [7, 11) is 4.40. The summed E-state index contributed by atoms with van der Waals surface area (Å²) in [6.07, 6.45) is 0.555. The van der Waals surface area contributed by atoms with Crippen LogP contribution in [0.15, 0.2) is 64.8 Å². The van der Waals surface area contributed by atoms with E-state index in [1.54, 1.807) is 49.1 Å². The summed E-state index contributed by atoms with van der Waals surface area (Å²) in [6.45, 7) is 2.20. The van der Waals surface area contributed by atoms with E-state index in [0.29, 0.717) is 40.7 Å². The van der Waals surface area contributed by atoms with Gasteiger partial charge >= 0.3 is 5.97 Å². The molecule has 1 unspecified atom stereocenters. The Balaban J connectivity index is 1.81. The van der Waals surface area contributed by atoms with E-state index in [4.69, 9.17) is 36.3 Å². The van der Waals surface area contributed by atoms with E-state index in [2.05, 4.69) is 0 Å². The molecule has 0 radical (unpaired) electrons. The summed E-state index contributed by atoms with van der Waals surface area (Å²) in [4.78, 5) is 26.7. The van der Waals surface area contributed by atoms with Crippen LogP contribution in [0.5, 0.6) is 17.2 Å². The minimum atomic E-state index is -0.852. The maximum Gasteiger partial charge on any atom is 0.340 e. The number of hydrogen-bond acceptors (Lipinski definition) is 7. The van der Waals surface area contributed by atoms with Crippen molar-refractivity contribution in [2.75, 3.05) is 21.3 Å². The summed E-state index contributed by atoms with van der Waals surface area (Å²) in [5.74, 6) is -0.144. The quantitative estimate of drug-likeness (QED) is 0.480. The van der Waals surface area contributed by atoms with Crippen molar-refractivity contribution in [1.29, 1.82) is 0 Å². The van der Waals surface area contributed by atoms with Gasteiger partial charge in [-0.15, -0.1) is 0 Å². The van der Waals surface area contributed by atoms with E-state index in [9.17, 15) is 9.59 Å². The largest absolute Gasteiger partial charge is 0.493 e. The maximum absolute atomic E-state index is 13.9. The zero-order valence-corrected chi connectivity index (χ0v) is 21.2. The molecule has 2 heterocycles. The Hall–Kier alpha value is -3.91. The van der Waals surface area contributed by atoms with Crippen molar-refractivity contribution in [2.24, 2.45) is 5.73 Å². The molecule has 2 N–H and O–H groups in total. The standard InChI is InChI=1S/C27H27ClN2O6/c1-15-13-21-23(26(31)30(15)12-11-16-9-10-19(33-2)20(14-16)34-3)22(17-7-5-6-8-18(17)28)24(25(29)36-21)27(32)35-4/h5-10,13-14,22H,11-12,29H2,1-4H3. The maximum atomic E-state index is 13.9. The number of aryl methyl sites for hydroxylation is 2. The molecule has 188 valence electrons. The SMILES string of the molecule is COC(=O)C1=C(N)Oc2cc(C)n(CCc3ccc(OC)c(OC)c3)c(=O)c2C1c1ccccc1Cl. The number of rotatable bonds is 7. The van der Waals surface area contributed by atoms with Crippen LogP contribution in [0.25, 0.3) is 0 Å². The number of pyridine rings is 1. The number of halogens is 1. The fraction of sp³-hybridized carbons (Fsp3) is 0.259. The molecular weight excluding hydrogens is 484 g/mol. The molecule has 9 heteroatoms. The highest BCUT2D eigenvalue weighted by molar-refractivity contribution is 6.31. The van der Waals surface area contributed by atoms with Crippen molar-refractivity contribution >= 4 is 17.6 Å². The minimum Gasteiger partial charge on any atom is -0.493 e. The number of carbonyl (C=O) groups excluding carboxylic acids is 1. The lowest BCUT2D eigenvalue weighted by Crippen LogP contribution is -2.35. The Morgan fingerprint density at radius 3 is 2.47 bits per heavy atom. The van der Waals surface area contributed by atoms with E-state index in [0.717, 1.165) is 5.56 Å². The van der Waals surface area contributed by atoms with Gasteiger partial charge in [0, 0.05) is 23.3 Å². The summed E-state index contributed by atoms with van der Waals surface area (Å²) in [5.41, 5.74) is 8.37. The average molecular weight is 511 g/mol. The van der Waals surface area contributed by atoms with Crippen molar-refractivity contribution in [1.82, 2.24) is 4.57 Å². The van der Waals surface area contributed by atoms with Crippen LogP contribution in [-0.2, 0) is 22.5 Å². The summed E-state index contributed by atoms with van der Waals surface area (Å²) in [6, 6.07) is 14.4. The normalized spacial score (nSPS) is 14.6. The van der Waals surface area contributed by atoms with Gasteiger partial charge in [-0.3, -0.25) is 4.79 Å². The first kappa shape index (κ1) is 25.2. The van der Waals surface area contributed by atoms with E-state index >= 15 is 0 Å². The zero-order valence-electron chi connectivity index (χ0n) is 20.5. The monoisotopic (exact) mass is 510 g/mol. The molecule has 8 nitrogen and oxygen atoms in total. The van der Waals surface area contributed by atoms with Gasteiger partial charge in [-0.1, -0.05) is 35.9 Å². The fourth-order valence-electron chi connectivity index (χ4n) is 4.47. The fourth-order valence-corrected chi connectivity index (χ4v) is 4.71. The number of nitrogens with zero attached hydrogens (tertiary/aromatic N) is 1. The smallest absolute Gasteiger partial charge is 0.340 e. The third-order valence-corrected chi connectivity index (χ3v) is 6.61. The molecule has 0 fully saturated rings. The Morgan fingerprint density at radius 2 is 1.81 bits per heavy atom. The molecule has 1 atom stereocenters. The van der Waals surface area contributed by atoms with Crippen LogP contribution in [0.2, 0.25) is 5.02 Å². The van der Waals surface area contributed by atoms with Crippen LogP contribution in [-0.4, -0.2) is 31.9 Å². The number of ether oxygens (including phenoxy) is 4. The number of methoxy groups -OCH3 is 3. The number of nitrogens with two attached hydrogens (primary N) is 1. The van der Waals surface area contributed by atoms with Crippen LogP contribution < -0.4 is 25.5 Å². The number of fused-ring (bicyclic) bond motifs is 1. The molecule has 1 aliphatic heterocycles. The van der Waals surface area contributed by atoms with E-state index in [1.807, 2.05) is 25.1 Å². The number of carbonyl (C=O) groups is 1. The Bertz CT molecular complexity index is 1410. The molecule has 0 spiro atoms. The van der Waals surface area contributed by atoms with Gasteiger partial charge in [0.2, 0.25) is 5.88 Å². The highest BCUT2D eigenvalue weighted by Gasteiger charge is 2.39. The number of benzene rings is 2. The third kappa shape index (κ3) is 4.52. The Morgan fingerprint density at radius 1 is 1.08 bits per heavy atom. The molecule has 0 aliphatic carbocycles. The van der Waals surface area contributed by atoms with Crippen molar-refractivity contribution in [3.8, 4) is 17.2 Å². The van der Waals surface area contributed by atoms with Gasteiger partial charge in [-0.05, 0) is 42.7 Å². The second-order valence-electron chi connectivity index (χ2n) is 8.29. The predicted molar refractivity (Wildman–Crippen MR) is 136 cm³/mol. The van der Waals surface area contributed by atoms with E-state index in [1.165, 1.54) is 7.11 Å². The number of aromatic nitrogens is 1. The van der Waals surface area contributed by atoms with Gasteiger partial charge in [0.05, 0.1) is 32.8 Å². The van der Waals surface area contributed by atoms with Gasteiger partial charge < -0.3 is 29.2 Å². The van der Waals surface area contributed by atoms with Crippen LogP contribution in [0.1, 0.15) is 28.3 Å². The molecule has 3 aromatic rings. The first-order chi connectivity index (χ1) is 17.3. The van der Waals surface area contributed by atoms with E-state index in [-0.39, 0.29) is 28.3 Å². The molecule has 0 saturated heterocycles. The van der Waals surface area contributed by atoms with Crippen LogP contribution in [0.4, 0.5) is 0 Å². The van der Waals surface area contributed by atoms with Gasteiger partial charge in [0.25, 0.3) is 5.56 Å². The van der Waals surface area contributed by atoms with Crippen LogP contribution in [0, 0.1) is 6.92 Å². The second-order valence-corrected chi connectivity index (χ2v) is 8.69. The second kappa shape index (κ2) is 10.4. The Kier molecular flexibility index (Phi) is 7.26.